The van der Waals surface area contributed by atoms with Crippen molar-refractivity contribution in [1.82, 2.24) is 25.5 Å². The fourth-order valence-electron chi connectivity index (χ4n) is 2.02. The number of nitrogens with zero attached hydrogens (tertiary/aromatic N) is 4. The van der Waals surface area contributed by atoms with Crippen LogP contribution in [0.1, 0.15) is 16.8 Å². The van der Waals surface area contributed by atoms with Crippen LogP contribution >= 0.6 is 23.4 Å². The summed E-state index contributed by atoms with van der Waals surface area (Å²) < 4.78 is 6.08. The number of tetrazole rings is 1. The Bertz CT molecular complexity index is 710. The summed E-state index contributed by atoms with van der Waals surface area (Å²) in [7, 11) is 1.29. The first-order valence-electron chi connectivity index (χ1n) is 6.97. The largest absolute Gasteiger partial charge is 0.467 e. The Balaban J connectivity index is 2.27. The van der Waals surface area contributed by atoms with E-state index in [4.69, 9.17) is 16.3 Å². The van der Waals surface area contributed by atoms with Gasteiger partial charge in [0.2, 0.25) is 0 Å². The maximum Gasteiger partial charge on any atom is 0.328 e. The standard InChI is InChI=1S/C14H16ClN5O3S/c1-23-14(22)11(5-6-24-2)17-13(21)10-4-3-9(15)7-12(10)20-8-16-18-19-20/h3-4,7-8,11H,5-6H2,1-2H3,(H,17,21)/t11-/m0/s1. The van der Waals surface area contributed by atoms with E-state index in [9.17, 15) is 9.59 Å². The third-order valence-corrected chi connectivity index (χ3v) is 4.08. The van der Waals surface area contributed by atoms with E-state index in [1.807, 2.05) is 6.26 Å². The number of carbonyl (C=O) groups excluding carboxylic acids is 2. The molecule has 0 aliphatic carbocycles. The molecule has 1 aromatic carbocycles. The maximum atomic E-state index is 12.6. The number of carbonyl (C=O) groups is 2. The van der Waals surface area contributed by atoms with Crippen molar-refractivity contribution in [2.75, 3.05) is 19.1 Å². The number of esters is 1. The van der Waals surface area contributed by atoms with Crippen LogP contribution < -0.4 is 5.32 Å². The second kappa shape index (κ2) is 8.65. The summed E-state index contributed by atoms with van der Waals surface area (Å²) in [6.45, 7) is 0. The van der Waals surface area contributed by atoms with Gasteiger partial charge in [0.1, 0.15) is 12.4 Å². The topological polar surface area (TPSA) is 99.0 Å². The molecule has 2 rings (SSSR count). The molecule has 0 fully saturated rings. The number of ether oxygens (including phenoxy) is 1. The minimum absolute atomic E-state index is 0.296. The molecule has 10 heteroatoms. The second-order valence-electron chi connectivity index (χ2n) is 4.75. The van der Waals surface area contributed by atoms with Gasteiger partial charge in [-0.05, 0) is 47.1 Å². The van der Waals surface area contributed by atoms with E-state index in [-0.39, 0.29) is 0 Å². The number of thioether (sulfide) groups is 1. The molecular weight excluding hydrogens is 354 g/mol. The summed E-state index contributed by atoms with van der Waals surface area (Å²) >= 11 is 7.57. The van der Waals surface area contributed by atoms with Crippen molar-refractivity contribution in [2.24, 2.45) is 0 Å². The van der Waals surface area contributed by atoms with E-state index in [1.165, 1.54) is 18.1 Å². The smallest absolute Gasteiger partial charge is 0.328 e. The van der Waals surface area contributed by atoms with Crippen molar-refractivity contribution >= 4 is 35.2 Å². The number of halogens is 1. The first-order valence-corrected chi connectivity index (χ1v) is 8.74. The molecule has 1 atom stereocenters. The minimum atomic E-state index is -0.729. The highest BCUT2D eigenvalue weighted by molar-refractivity contribution is 7.98. The maximum absolute atomic E-state index is 12.6. The highest BCUT2D eigenvalue weighted by atomic mass is 35.5. The summed E-state index contributed by atoms with van der Waals surface area (Å²) in [5.41, 5.74) is 0.711. The number of hydrogen-bond donors (Lipinski definition) is 1. The number of benzene rings is 1. The number of rotatable bonds is 7. The van der Waals surface area contributed by atoms with Crippen LogP contribution in [0, 0.1) is 0 Å². The van der Waals surface area contributed by atoms with Crippen LogP contribution in [0.2, 0.25) is 5.02 Å². The highest BCUT2D eigenvalue weighted by Gasteiger charge is 2.23. The number of nitrogens with one attached hydrogen (secondary N) is 1. The van der Waals surface area contributed by atoms with E-state index in [2.05, 4.69) is 20.8 Å². The molecule has 0 unspecified atom stereocenters. The fourth-order valence-corrected chi connectivity index (χ4v) is 2.66. The van der Waals surface area contributed by atoms with Gasteiger partial charge in [-0.3, -0.25) is 4.79 Å². The summed E-state index contributed by atoms with van der Waals surface area (Å²) in [6.07, 6.45) is 3.74. The molecule has 1 heterocycles. The summed E-state index contributed by atoms with van der Waals surface area (Å²) in [6, 6.07) is 3.98. The first-order chi connectivity index (χ1) is 11.6. The zero-order valence-corrected chi connectivity index (χ0v) is 14.7. The van der Waals surface area contributed by atoms with Crippen molar-refractivity contribution < 1.29 is 14.3 Å². The Morgan fingerprint density at radius 3 is 2.88 bits per heavy atom. The molecule has 0 spiro atoms. The number of aromatic nitrogens is 4. The SMILES string of the molecule is COC(=O)[C@H](CCSC)NC(=O)c1ccc(Cl)cc1-n1cnnn1. The lowest BCUT2D eigenvalue weighted by molar-refractivity contribution is -0.142. The van der Waals surface area contributed by atoms with Gasteiger partial charge in [-0.15, -0.1) is 5.10 Å². The van der Waals surface area contributed by atoms with Crippen LogP contribution in [0.15, 0.2) is 24.5 Å². The first kappa shape index (κ1) is 18.2. The van der Waals surface area contributed by atoms with Crippen molar-refractivity contribution in [2.45, 2.75) is 12.5 Å². The van der Waals surface area contributed by atoms with Crippen molar-refractivity contribution in [3.05, 3.63) is 35.1 Å². The molecule has 1 amide bonds. The predicted molar refractivity (Wildman–Crippen MR) is 90.4 cm³/mol. The molecule has 2 aromatic rings. The van der Waals surface area contributed by atoms with E-state index in [1.54, 1.807) is 30.0 Å². The fraction of sp³-hybridized carbons (Fsp3) is 0.357. The monoisotopic (exact) mass is 369 g/mol. The molecule has 0 aliphatic rings. The Kier molecular flexibility index (Phi) is 6.56. The summed E-state index contributed by atoms with van der Waals surface area (Å²) in [5, 5.41) is 14.0. The van der Waals surface area contributed by atoms with E-state index in [0.29, 0.717) is 28.4 Å². The second-order valence-corrected chi connectivity index (χ2v) is 6.17. The molecule has 0 saturated carbocycles. The zero-order chi connectivity index (χ0) is 17.5. The molecular formula is C14H16ClN5O3S. The lowest BCUT2D eigenvalue weighted by Gasteiger charge is -2.17. The number of hydrogen-bond acceptors (Lipinski definition) is 7. The molecule has 0 aliphatic heterocycles. The quantitative estimate of drug-likeness (QED) is 0.735. The summed E-state index contributed by atoms with van der Waals surface area (Å²) in [5.74, 6) is -0.218. The van der Waals surface area contributed by atoms with Crippen LogP contribution in [0.5, 0.6) is 0 Å². The average Bonchev–Trinajstić information content (AvgIpc) is 3.12. The van der Waals surface area contributed by atoms with Gasteiger partial charge >= 0.3 is 5.97 Å². The lowest BCUT2D eigenvalue weighted by atomic mass is 10.1. The molecule has 128 valence electrons. The van der Waals surface area contributed by atoms with Gasteiger partial charge in [0.25, 0.3) is 5.91 Å². The van der Waals surface area contributed by atoms with Crippen molar-refractivity contribution in [3.8, 4) is 5.69 Å². The van der Waals surface area contributed by atoms with Gasteiger partial charge in [-0.2, -0.15) is 16.4 Å². The van der Waals surface area contributed by atoms with Gasteiger partial charge in [-0.1, -0.05) is 11.6 Å². The summed E-state index contributed by atoms with van der Waals surface area (Å²) in [4.78, 5) is 24.5. The Hall–Kier alpha value is -2.13. The van der Waals surface area contributed by atoms with E-state index >= 15 is 0 Å². The van der Waals surface area contributed by atoms with Crippen LogP contribution in [-0.4, -0.2) is 57.2 Å². The number of methoxy groups -OCH3 is 1. The van der Waals surface area contributed by atoms with Gasteiger partial charge in [-0.25, -0.2) is 4.79 Å². The van der Waals surface area contributed by atoms with Crippen LogP contribution in [0.4, 0.5) is 0 Å². The van der Waals surface area contributed by atoms with Crippen molar-refractivity contribution in [1.29, 1.82) is 0 Å². The minimum Gasteiger partial charge on any atom is -0.467 e. The highest BCUT2D eigenvalue weighted by Crippen LogP contribution is 2.19. The zero-order valence-electron chi connectivity index (χ0n) is 13.1. The molecule has 24 heavy (non-hydrogen) atoms. The van der Waals surface area contributed by atoms with Crippen LogP contribution in [0.3, 0.4) is 0 Å². The molecule has 0 saturated heterocycles. The third kappa shape index (κ3) is 4.45. The molecule has 1 aromatic heterocycles. The van der Waals surface area contributed by atoms with Gasteiger partial charge in [0.05, 0.1) is 18.4 Å². The Morgan fingerprint density at radius 2 is 2.25 bits per heavy atom. The van der Waals surface area contributed by atoms with Gasteiger partial charge < -0.3 is 10.1 Å². The molecule has 8 nitrogen and oxygen atoms in total. The van der Waals surface area contributed by atoms with E-state index < -0.39 is 17.9 Å². The van der Waals surface area contributed by atoms with Crippen molar-refractivity contribution in [3.63, 3.8) is 0 Å². The Morgan fingerprint density at radius 1 is 1.46 bits per heavy atom. The molecule has 0 bridgehead atoms. The molecule has 0 radical (unpaired) electrons. The third-order valence-electron chi connectivity index (χ3n) is 3.20. The van der Waals surface area contributed by atoms with Gasteiger partial charge in [0, 0.05) is 5.02 Å². The van der Waals surface area contributed by atoms with E-state index in [0.717, 1.165) is 0 Å². The lowest BCUT2D eigenvalue weighted by Crippen LogP contribution is -2.42. The van der Waals surface area contributed by atoms with Crippen LogP contribution in [0.25, 0.3) is 5.69 Å². The average molecular weight is 370 g/mol. The normalized spacial score (nSPS) is 11.8. The Labute approximate surface area is 147 Å². The van der Waals surface area contributed by atoms with Gasteiger partial charge in [0.15, 0.2) is 0 Å². The predicted octanol–water partition coefficient (Wildman–Crippen LogP) is 1.34. The molecule has 1 N–H and O–H groups in total. The number of amides is 1. The van der Waals surface area contributed by atoms with Crippen LogP contribution in [-0.2, 0) is 9.53 Å².